The summed E-state index contributed by atoms with van der Waals surface area (Å²) in [7, 11) is 0. The van der Waals surface area contributed by atoms with Gasteiger partial charge in [-0.15, -0.1) is 0 Å². The van der Waals surface area contributed by atoms with E-state index in [1.54, 1.807) is 36.4 Å². The summed E-state index contributed by atoms with van der Waals surface area (Å²) in [5.74, 6) is -3.00. The molecule has 31 heavy (non-hydrogen) atoms. The summed E-state index contributed by atoms with van der Waals surface area (Å²) >= 11 is 0. The summed E-state index contributed by atoms with van der Waals surface area (Å²) in [5.41, 5.74) is 0.132. The van der Waals surface area contributed by atoms with Crippen molar-refractivity contribution in [1.82, 2.24) is 0 Å². The van der Waals surface area contributed by atoms with Crippen molar-refractivity contribution >= 4 is 17.9 Å². The van der Waals surface area contributed by atoms with E-state index in [1.807, 2.05) is 0 Å². The third kappa shape index (κ3) is 8.97. The number of para-hydroxylation sites is 3. The predicted octanol–water partition coefficient (Wildman–Crippen LogP) is 0.768. The molecule has 10 heteroatoms. The number of aromatic hydroxyl groups is 3. The van der Waals surface area contributed by atoms with E-state index in [0.29, 0.717) is 0 Å². The summed E-state index contributed by atoms with van der Waals surface area (Å²) in [6.07, 6.45) is 0. The van der Waals surface area contributed by atoms with Crippen LogP contribution in [0.25, 0.3) is 0 Å². The van der Waals surface area contributed by atoms with Crippen molar-refractivity contribution in [2.75, 3.05) is 0 Å². The fourth-order valence-electron chi connectivity index (χ4n) is 2.00. The zero-order valence-electron chi connectivity index (χ0n) is 16.2. The number of carbonyl (C=O) groups excluding carboxylic acids is 3. The second-order valence-electron chi connectivity index (χ2n) is 5.54. The molecule has 0 heterocycles. The summed E-state index contributed by atoms with van der Waals surface area (Å²) in [4.78, 5) is 31.1. The van der Waals surface area contributed by atoms with Crippen LogP contribution in [-0.2, 0) is 19.5 Å². The standard InChI is InChI=1S/3C7H6O3.Zn/c3*8-6-4-2-1-3-5(6)7(9)10;/h3*1-4,8H,(H,9,10);/q;;;+2/p+3. The Kier molecular flexibility index (Phi) is 11.7. The van der Waals surface area contributed by atoms with Crippen LogP contribution in [0.3, 0.4) is 0 Å². The fourth-order valence-corrected chi connectivity index (χ4v) is 2.00. The number of carbonyl (C=O) groups is 3. The van der Waals surface area contributed by atoms with E-state index < -0.39 is 17.9 Å². The summed E-state index contributed by atoms with van der Waals surface area (Å²) in [6.45, 7) is 0. The molecule has 9 N–H and O–H groups in total. The smallest absolute Gasteiger partial charge is 0.561 e. The monoisotopic (exact) mass is 481 g/mol. The molecule has 9 nitrogen and oxygen atoms in total. The molecular weight excluding hydrogens is 462 g/mol. The van der Waals surface area contributed by atoms with Crippen molar-refractivity contribution < 1.29 is 64.5 Å². The molecular formula is C21H21O9Zn+5. The van der Waals surface area contributed by atoms with Crippen LogP contribution in [0.2, 0.25) is 0 Å². The molecule has 3 aromatic carbocycles. The van der Waals surface area contributed by atoms with Crippen molar-refractivity contribution in [3.63, 3.8) is 0 Å². The first kappa shape index (κ1) is 27.1. The van der Waals surface area contributed by atoms with Crippen molar-refractivity contribution in [3.8, 4) is 17.2 Å². The van der Waals surface area contributed by atoms with Gasteiger partial charge in [-0.3, -0.25) is 0 Å². The summed E-state index contributed by atoms with van der Waals surface area (Å²) in [6, 6.07) is 17.9. The van der Waals surface area contributed by atoms with Gasteiger partial charge < -0.3 is 30.6 Å². The molecule has 0 aliphatic rings. The SMILES string of the molecule is O=C([OH2+])c1ccccc1O.O=C([OH2+])c1ccccc1O.O=C([OH2+])c1ccccc1O.[Zn+2]. The summed E-state index contributed by atoms with van der Waals surface area (Å²) in [5, 5.41) is 46.8. The summed E-state index contributed by atoms with van der Waals surface area (Å²) < 4.78 is 0. The molecule has 0 atom stereocenters. The number of phenolic OH excluding ortho intramolecular Hbond substituents is 3. The topological polar surface area (TPSA) is 181 Å². The maximum atomic E-state index is 10.4. The Bertz CT molecular complexity index is 903. The van der Waals surface area contributed by atoms with Gasteiger partial charge in [-0.25, -0.2) is 0 Å². The Hall–Kier alpha value is -3.91. The molecule has 0 saturated heterocycles. The molecule has 0 spiro atoms. The Morgan fingerprint density at radius 3 is 0.806 bits per heavy atom. The molecule has 0 bridgehead atoms. The van der Waals surface area contributed by atoms with Gasteiger partial charge in [0.05, 0.1) is 0 Å². The molecule has 156 valence electrons. The molecule has 0 unspecified atom stereocenters. The zero-order chi connectivity index (χ0) is 22.7. The largest absolute Gasteiger partial charge is 2.00 e. The predicted molar refractivity (Wildman–Crippen MR) is 108 cm³/mol. The molecule has 0 amide bonds. The number of rotatable bonds is 3. The molecule has 0 radical (unpaired) electrons. The van der Waals surface area contributed by atoms with Gasteiger partial charge in [-0.2, -0.15) is 0 Å². The molecule has 0 aliphatic heterocycles. The number of hydrogen-bond donors (Lipinski definition) is 3. The minimum absolute atomic E-state index is 0. The van der Waals surface area contributed by atoms with Crippen LogP contribution in [0.5, 0.6) is 17.2 Å². The number of phenols is 3. The molecule has 0 aromatic heterocycles. The van der Waals surface area contributed by atoms with Crippen molar-refractivity contribution in [3.05, 3.63) is 89.5 Å². The zero-order valence-corrected chi connectivity index (χ0v) is 19.2. The fraction of sp³-hybridized carbons (Fsp3) is 0. The van der Waals surface area contributed by atoms with Crippen molar-refractivity contribution in [2.24, 2.45) is 0 Å². The maximum Gasteiger partial charge on any atom is 2.00 e. The Balaban J connectivity index is 0.000000429. The number of benzene rings is 3. The first-order valence-electron chi connectivity index (χ1n) is 8.27. The van der Waals surface area contributed by atoms with Crippen LogP contribution in [0, 0.1) is 0 Å². The van der Waals surface area contributed by atoms with E-state index in [-0.39, 0.29) is 53.4 Å². The minimum atomic E-state index is -0.863. The average Bonchev–Trinajstić information content (AvgIpc) is 2.69. The van der Waals surface area contributed by atoms with E-state index in [9.17, 15) is 14.4 Å². The van der Waals surface area contributed by atoms with Crippen LogP contribution >= 0.6 is 0 Å². The van der Waals surface area contributed by atoms with Gasteiger partial charge in [0.15, 0.2) is 16.7 Å². The normalized spacial score (nSPS) is 8.90. The molecule has 0 saturated carbocycles. The van der Waals surface area contributed by atoms with Gasteiger partial charge in [0.2, 0.25) is 0 Å². The first-order chi connectivity index (χ1) is 14.1. The minimum Gasteiger partial charge on any atom is -0.561 e. The molecule has 0 aliphatic carbocycles. The number of hydrogen-bond acceptors (Lipinski definition) is 6. The second-order valence-corrected chi connectivity index (χ2v) is 5.54. The van der Waals surface area contributed by atoms with E-state index in [4.69, 9.17) is 30.6 Å². The van der Waals surface area contributed by atoms with Gasteiger partial charge in [0.25, 0.3) is 0 Å². The molecule has 3 rings (SSSR count). The first-order valence-corrected chi connectivity index (χ1v) is 8.27. The van der Waals surface area contributed by atoms with Gasteiger partial charge >= 0.3 is 37.4 Å². The third-order valence-corrected chi connectivity index (χ3v) is 3.45. The second kappa shape index (κ2) is 13.3. The van der Waals surface area contributed by atoms with Crippen LogP contribution in [0.1, 0.15) is 31.1 Å². The quantitative estimate of drug-likeness (QED) is 0.366. The van der Waals surface area contributed by atoms with E-state index in [0.717, 1.165) is 0 Å². The van der Waals surface area contributed by atoms with Gasteiger partial charge in [-0.1, -0.05) is 36.4 Å². The van der Waals surface area contributed by atoms with Crippen molar-refractivity contribution in [2.45, 2.75) is 0 Å². The Morgan fingerprint density at radius 1 is 0.484 bits per heavy atom. The van der Waals surface area contributed by atoms with Gasteiger partial charge in [0.1, 0.15) is 17.2 Å². The van der Waals surface area contributed by atoms with E-state index >= 15 is 0 Å². The van der Waals surface area contributed by atoms with Crippen LogP contribution < -0.4 is 0 Å². The van der Waals surface area contributed by atoms with Crippen LogP contribution in [-0.4, -0.2) is 48.5 Å². The van der Waals surface area contributed by atoms with E-state index in [2.05, 4.69) is 0 Å². The van der Waals surface area contributed by atoms with Crippen molar-refractivity contribution in [1.29, 1.82) is 0 Å². The van der Waals surface area contributed by atoms with Crippen LogP contribution in [0.15, 0.2) is 72.8 Å². The van der Waals surface area contributed by atoms with E-state index in [1.165, 1.54) is 36.4 Å². The van der Waals surface area contributed by atoms with Gasteiger partial charge in [0, 0.05) is 14.4 Å². The maximum absolute atomic E-state index is 10.4. The Morgan fingerprint density at radius 2 is 0.677 bits per heavy atom. The third-order valence-electron chi connectivity index (χ3n) is 3.45. The average molecular weight is 483 g/mol. The Labute approximate surface area is 189 Å². The van der Waals surface area contributed by atoms with Gasteiger partial charge in [-0.05, 0) is 36.4 Å². The molecule has 0 fully saturated rings. The molecule has 3 aromatic rings. The van der Waals surface area contributed by atoms with Crippen LogP contribution in [0.4, 0.5) is 0 Å².